The van der Waals surface area contributed by atoms with Crippen molar-refractivity contribution in [2.75, 3.05) is 0 Å². The minimum absolute atomic E-state index is 0.162. The monoisotopic (exact) mass is 472 g/mol. The van der Waals surface area contributed by atoms with Gasteiger partial charge in [0.05, 0.1) is 0 Å². The van der Waals surface area contributed by atoms with Gasteiger partial charge in [-0.05, 0) is 55.5 Å². The fourth-order valence-electron chi connectivity index (χ4n) is 2.18. The summed E-state index contributed by atoms with van der Waals surface area (Å²) in [5, 5.41) is 0. The van der Waals surface area contributed by atoms with E-state index in [2.05, 4.69) is 0 Å². The molecule has 0 N–H and O–H groups in total. The minimum atomic E-state index is -3.93. The molecule has 2 atom stereocenters. The lowest BCUT2D eigenvalue weighted by Gasteiger charge is -2.15. The summed E-state index contributed by atoms with van der Waals surface area (Å²) >= 11 is 11.7. The Labute approximate surface area is 177 Å². The van der Waals surface area contributed by atoms with Gasteiger partial charge in [0.25, 0.3) is 0 Å². The Balaban J connectivity index is 1.61. The standard InChI is InChI=1S/C19H16Cl2O6P2/c1-15-7-9-17(10-8-15)25-29(21,23)27-19-13-11-18(12-14-19)26-28(20,22)24-16-5-3-2-4-6-16/h2-14H,1H3. The minimum Gasteiger partial charge on any atom is -0.405 e. The Morgan fingerprint density at radius 3 is 1.24 bits per heavy atom. The fraction of sp³-hybridized carbons (Fsp3) is 0.0526. The summed E-state index contributed by atoms with van der Waals surface area (Å²) in [5.41, 5.74) is 1.02. The molecule has 0 spiro atoms. The van der Waals surface area contributed by atoms with Crippen LogP contribution in [0.4, 0.5) is 0 Å². The van der Waals surface area contributed by atoms with E-state index < -0.39 is 13.9 Å². The molecular formula is C19H16Cl2O6P2. The highest BCUT2D eigenvalue weighted by atomic mass is 35.7. The Morgan fingerprint density at radius 1 is 0.552 bits per heavy atom. The smallest absolute Gasteiger partial charge is 0.405 e. The number of halogens is 2. The second kappa shape index (κ2) is 9.15. The first-order valence-corrected chi connectivity index (χ1v) is 13.2. The van der Waals surface area contributed by atoms with Crippen molar-refractivity contribution in [2.45, 2.75) is 6.92 Å². The summed E-state index contributed by atoms with van der Waals surface area (Å²) in [5.74, 6) is 0.948. The van der Waals surface area contributed by atoms with Crippen LogP contribution in [0, 0.1) is 6.92 Å². The predicted molar refractivity (Wildman–Crippen MR) is 113 cm³/mol. The van der Waals surface area contributed by atoms with Crippen molar-refractivity contribution in [3.63, 3.8) is 0 Å². The van der Waals surface area contributed by atoms with Crippen molar-refractivity contribution >= 4 is 36.4 Å². The third kappa shape index (κ3) is 7.02. The van der Waals surface area contributed by atoms with Gasteiger partial charge in [-0.2, -0.15) is 0 Å². The maximum Gasteiger partial charge on any atom is 0.530 e. The van der Waals surface area contributed by atoms with Gasteiger partial charge in [-0.25, -0.2) is 9.13 Å². The Kier molecular flexibility index (Phi) is 6.81. The Hall–Kier alpha value is -2.10. The summed E-state index contributed by atoms with van der Waals surface area (Å²) in [6, 6.07) is 20.9. The maximum atomic E-state index is 12.4. The molecule has 0 amide bonds. The van der Waals surface area contributed by atoms with Crippen molar-refractivity contribution in [2.24, 2.45) is 0 Å². The van der Waals surface area contributed by atoms with Gasteiger partial charge in [0, 0.05) is 22.5 Å². The van der Waals surface area contributed by atoms with E-state index in [-0.39, 0.29) is 11.5 Å². The first-order valence-electron chi connectivity index (χ1n) is 8.30. The van der Waals surface area contributed by atoms with Crippen LogP contribution in [0.3, 0.4) is 0 Å². The van der Waals surface area contributed by atoms with Crippen LogP contribution in [-0.4, -0.2) is 0 Å². The van der Waals surface area contributed by atoms with E-state index in [1.807, 2.05) is 6.92 Å². The Bertz CT molecular complexity index is 1040. The number of hydrogen-bond acceptors (Lipinski definition) is 6. The lowest BCUT2D eigenvalue weighted by atomic mass is 10.2. The first kappa shape index (κ1) is 21.6. The van der Waals surface area contributed by atoms with Crippen molar-refractivity contribution in [3.8, 4) is 23.0 Å². The van der Waals surface area contributed by atoms with Crippen LogP contribution in [0.5, 0.6) is 23.0 Å². The first-order chi connectivity index (χ1) is 13.7. The summed E-state index contributed by atoms with van der Waals surface area (Å²) < 4.78 is 45.5. The maximum absolute atomic E-state index is 12.4. The average Bonchev–Trinajstić information content (AvgIpc) is 2.65. The lowest BCUT2D eigenvalue weighted by Crippen LogP contribution is -1.97. The van der Waals surface area contributed by atoms with Crippen LogP contribution in [0.2, 0.25) is 0 Å². The predicted octanol–water partition coefficient (Wildman–Crippen LogP) is 7.60. The zero-order chi connectivity index (χ0) is 20.9. The number of rotatable bonds is 8. The molecule has 3 aromatic carbocycles. The molecular weight excluding hydrogens is 457 g/mol. The van der Waals surface area contributed by atoms with Gasteiger partial charge in [0.1, 0.15) is 23.0 Å². The molecule has 0 heterocycles. The van der Waals surface area contributed by atoms with Crippen LogP contribution in [0.25, 0.3) is 0 Å². The van der Waals surface area contributed by atoms with E-state index in [1.165, 1.54) is 24.3 Å². The molecule has 29 heavy (non-hydrogen) atoms. The zero-order valence-electron chi connectivity index (χ0n) is 15.1. The topological polar surface area (TPSA) is 71.1 Å². The van der Waals surface area contributed by atoms with E-state index in [4.69, 9.17) is 40.6 Å². The molecule has 0 fully saturated rings. The van der Waals surface area contributed by atoms with Crippen LogP contribution >= 0.6 is 36.4 Å². The summed E-state index contributed by atoms with van der Waals surface area (Å²) in [6.07, 6.45) is 0. The molecule has 2 unspecified atom stereocenters. The van der Waals surface area contributed by atoms with Crippen LogP contribution in [0.1, 0.15) is 5.56 Å². The molecule has 0 bridgehead atoms. The van der Waals surface area contributed by atoms with E-state index in [0.29, 0.717) is 11.5 Å². The average molecular weight is 473 g/mol. The highest BCUT2D eigenvalue weighted by Gasteiger charge is 2.26. The third-order valence-corrected chi connectivity index (χ3v) is 5.99. The van der Waals surface area contributed by atoms with Gasteiger partial charge in [0.15, 0.2) is 0 Å². The highest BCUT2D eigenvalue weighted by molar-refractivity contribution is 7.82. The lowest BCUT2D eigenvalue weighted by molar-refractivity contribution is 0.400. The summed E-state index contributed by atoms with van der Waals surface area (Å²) in [7, 11) is 0. The molecule has 10 heteroatoms. The molecule has 6 nitrogen and oxygen atoms in total. The second-order valence-electron chi connectivity index (χ2n) is 5.82. The van der Waals surface area contributed by atoms with Crippen molar-refractivity contribution in [3.05, 3.63) is 84.4 Å². The summed E-state index contributed by atoms with van der Waals surface area (Å²) in [4.78, 5) is 0. The molecule has 0 aromatic heterocycles. The van der Waals surface area contributed by atoms with Gasteiger partial charge in [-0.1, -0.05) is 35.9 Å². The molecule has 0 saturated carbocycles. The number of para-hydroxylation sites is 1. The van der Waals surface area contributed by atoms with Crippen molar-refractivity contribution in [1.82, 2.24) is 0 Å². The third-order valence-electron chi connectivity index (χ3n) is 3.45. The van der Waals surface area contributed by atoms with E-state index >= 15 is 0 Å². The van der Waals surface area contributed by atoms with E-state index in [1.54, 1.807) is 54.6 Å². The van der Waals surface area contributed by atoms with Crippen molar-refractivity contribution in [1.29, 1.82) is 0 Å². The molecule has 0 aliphatic heterocycles. The SMILES string of the molecule is Cc1ccc(OP(=O)(Cl)Oc2ccc(OP(=O)(Cl)Oc3ccccc3)cc2)cc1. The fourth-order valence-corrected chi connectivity index (χ4v) is 4.71. The summed E-state index contributed by atoms with van der Waals surface area (Å²) in [6.45, 7) is -5.93. The molecule has 0 radical (unpaired) electrons. The van der Waals surface area contributed by atoms with E-state index in [0.717, 1.165) is 5.56 Å². The largest absolute Gasteiger partial charge is 0.530 e. The van der Waals surface area contributed by atoms with Crippen LogP contribution in [0.15, 0.2) is 78.9 Å². The van der Waals surface area contributed by atoms with Crippen molar-refractivity contribution < 1.29 is 27.2 Å². The number of hydrogen-bond donors (Lipinski definition) is 0. The van der Waals surface area contributed by atoms with Gasteiger partial charge in [-0.3, -0.25) is 0 Å². The quantitative estimate of drug-likeness (QED) is 0.314. The van der Waals surface area contributed by atoms with Gasteiger partial charge in [-0.15, -0.1) is 0 Å². The second-order valence-corrected chi connectivity index (χ2v) is 10.8. The van der Waals surface area contributed by atoms with Gasteiger partial charge in [0.2, 0.25) is 0 Å². The molecule has 0 saturated heterocycles. The molecule has 0 aliphatic rings. The molecule has 0 aliphatic carbocycles. The van der Waals surface area contributed by atoms with Gasteiger partial charge >= 0.3 is 13.9 Å². The molecule has 152 valence electrons. The van der Waals surface area contributed by atoms with Gasteiger partial charge < -0.3 is 18.1 Å². The van der Waals surface area contributed by atoms with Crippen LogP contribution in [-0.2, 0) is 9.13 Å². The van der Waals surface area contributed by atoms with Crippen LogP contribution < -0.4 is 18.1 Å². The normalized spacial score (nSPS) is 14.9. The number of benzene rings is 3. The Morgan fingerprint density at radius 2 is 0.862 bits per heavy atom. The van der Waals surface area contributed by atoms with E-state index in [9.17, 15) is 9.13 Å². The number of aryl methyl sites for hydroxylation is 1. The zero-order valence-corrected chi connectivity index (χ0v) is 18.4. The molecule has 3 rings (SSSR count). The molecule has 3 aromatic rings. The highest BCUT2D eigenvalue weighted by Crippen LogP contribution is 2.55.